The van der Waals surface area contributed by atoms with Crippen LogP contribution in [0.1, 0.15) is 6.42 Å². The maximum atomic E-state index is 13.4. The van der Waals surface area contributed by atoms with Gasteiger partial charge in [0.15, 0.2) is 18.2 Å². The van der Waals surface area contributed by atoms with Gasteiger partial charge in [-0.2, -0.15) is 0 Å². The number of amides is 3. The van der Waals surface area contributed by atoms with Crippen molar-refractivity contribution in [2.45, 2.75) is 16.6 Å². The molecule has 7 nitrogen and oxygen atoms in total. The van der Waals surface area contributed by atoms with Crippen LogP contribution in [-0.2, 0) is 14.4 Å². The van der Waals surface area contributed by atoms with Crippen LogP contribution in [0.5, 0.6) is 5.75 Å². The molecule has 1 aliphatic rings. The third-order valence-electron chi connectivity index (χ3n) is 3.61. The Morgan fingerprint density at radius 3 is 2.59 bits per heavy atom. The first-order valence-electron chi connectivity index (χ1n) is 8.04. The van der Waals surface area contributed by atoms with Gasteiger partial charge in [-0.1, -0.05) is 24.3 Å². The summed E-state index contributed by atoms with van der Waals surface area (Å²) in [7, 11) is 0. The van der Waals surface area contributed by atoms with Gasteiger partial charge in [-0.25, -0.2) is 4.39 Å². The molecule has 0 saturated carbocycles. The molecule has 3 N–H and O–H groups in total. The summed E-state index contributed by atoms with van der Waals surface area (Å²) in [5.74, 6) is -2.11. The molecular formula is C18H16FN3O4S. The molecule has 0 spiro atoms. The van der Waals surface area contributed by atoms with Crippen molar-refractivity contribution in [1.29, 1.82) is 0 Å². The fraction of sp³-hybridized carbons (Fsp3) is 0.167. The van der Waals surface area contributed by atoms with E-state index in [1.54, 1.807) is 12.1 Å². The zero-order valence-corrected chi connectivity index (χ0v) is 14.8. The number of fused-ring (bicyclic) bond motifs is 1. The van der Waals surface area contributed by atoms with Crippen molar-refractivity contribution in [3.8, 4) is 5.75 Å². The van der Waals surface area contributed by atoms with E-state index in [1.165, 1.54) is 30.0 Å². The smallest absolute Gasteiger partial charge is 0.276 e. The highest BCUT2D eigenvalue weighted by molar-refractivity contribution is 8.01. The number of carbonyl (C=O) groups excluding carboxylic acids is 3. The number of thioether (sulfide) groups is 1. The predicted octanol–water partition coefficient (Wildman–Crippen LogP) is 1.85. The van der Waals surface area contributed by atoms with Crippen LogP contribution >= 0.6 is 11.8 Å². The first kappa shape index (κ1) is 18.7. The highest BCUT2D eigenvalue weighted by Crippen LogP contribution is 2.36. The van der Waals surface area contributed by atoms with Crippen molar-refractivity contribution in [2.75, 3.05) is 11.9 Å². The molecule has 0 fully saturated rings. The minimum Gasteiger partial charge on any atom is -0.481 e. The molecule has 1 unspecified atom stereocenters. The Morgan fingerprint density at radius 2 is 1.78 bits per heavy atom. The first-order valence-corrected chi connectivity index (χ1v) is 8.92. The van der Waals surface area contributed by atoms with Crippen molar-refractivity contribution in [3.05, 3.63) is 54.3 Å². The van der Waals surface area contributed by atoms with Crippen LogP contribution in [0.4, 0.5) is 10.1 Å². The standard InChI is InChI=1S/C18H16FN3O4S/c19-11-5-1-3-7-13(11)26-10-17(24)22-21-16(23)9-15-18(25)20-12-6-2-4-8-14(12)27-15/h1-8,15H,9-10H2,(H,20,25)(H,21,23)(H,22,24). The molecule has 1 aliphatic heterocycles. The molecule has 0 saturated heterocycles. The third-order valence-corrected chi connectivity index (χ3v) is 4.89. The molecule has 0 aliphatic carbocycles. The van der Waals surface area contributed by atoms with Gasteiger partial charge in [0.2, 0.25) is 11.8 Å². The SMILES string of the molecule is O=C(COc1ccccc1F)NNC(=O)CC1Sc2ccccc2NC1=O. The van der Waals surface area contributed by atoms with Crippen LogP contribution in [0.3, 0.4) is 0 Å². The molecule has 27 heavy (non-hydrogen) atoms. The van der Waals surface area contributed by atoms with Crippen LogP contribution < -0.4 is 20.9 Å². The Bertz CT molecular complexity index is 877. The fourth-order valence-corrected chi connectivity index (χ4v) is 3.44. The van der Waals surface area contributed by atoms with E-state index < -0.39 is 29.5 Å². The minimum absolute atomic E-state index is 0.0621. The number of hydrazine groups is 1. The zero-order valence-electron chi connectivity index (χ0n) is 14.0. The molecule has 1 atom stereocenters. The van der Waals surface area contributed by atoms with E-state index in [2.05, 4.69) is 16.2 Å². The predicted molar refractivity (Wildman–Crippen MR) is 97.5 cm³/mol. The number of halogens is 1. The van der Waals surface area contributed by atoms with Crippen LogP contribution in [0.15, 0.2) is 53.4 Å². The minimum atomic E-state index is -0.655. The molecule has 3 rings (SSSR count). The normalized spacial score (nSPS) is 15.3. The number of carbonyl (C=O) groups is 3. The molecule has 3 amide bonds. The van der Waals surface area contributed by atoms with Gasteiger partial charge in [-0.05, 0) is 24.3 Å². The van der Waals surface area contributed by atoms with Gasteiger partial charge >= 0.3 is 0 Å². The molecule has 0 radical (unpaired) electrons. The molecule has 140 valence electrons. The molecule has 1 heterocycles. The van der Waals surface area contributed by atoms with Gasteiger partial charge in [0.25, 0.3) is 5.91 Å². The van der Waals surface area contributed by atoms with Gasteiger partial charge in [-0.3, -0.25) is 25.2 Å². The van der Waals surface area contributed by atoms with Crippen LogP contribution in [0.2, 0.25) is 0 Å². The highest BCUT2D eigenvalue weighted by Gasteiger charge is 2.28. The summed E-state index contributed by atoms with van der Waals surface area (Å²) in [4.78, 5) is 36.6. The number of nitrogens with one attached hydrogen (secondary N) is 3. The summed E-state index contributed by atoms with van der Waals surface area (Å²) in [6.07, 6.45) is -0.112. The quantitative estimate of drug-likeness (QED) is 0.679. The molecular weight excluding hydrogens is 373 g/mol. The van der Waals surface area contributed by atoms with Gasteiger partial charge < -0.3 is 10.1 Å². The van der Waals surface area contributed by atoms with Crippen LogP contribution in [-0.4, -0.2) is 29.6 Å². The van der Waals surface area contributed by atoms with Gasteiger partial charge in [0.05, 0.1) is 10.9 Å². The number of para-hydroxylation sites is 2. The fourth-order valence-electron chi connectivity index (χ4n) is 2.33. The number of ether oxygens (including phenoxy) is 1. The Morgan fingerprint density at radius 1 is 1.07 bits per heavy atom. The molecule has 0 bridgehead atoms. The summed E-state index contributed by atoms with van der Waals surface area (Å²) in [5, 5.41) is 2.14. The second kappa shape index (κ2) is 8.54. The van der Waals surface area contributed by atoms with E-state index in [-0.39, 0.29) is 18.1 Å². The van der Waals surface area contributed by atoms with E-state index in [0.29, 0.717) is 5.69 Å². The van der Waals surface area contributed by atoms with Gasteiger partial charge in [-0.15, -0.1) is 11.8 Å². The maximum absolute atomic E-state index is 13.4. The van der Waals surface area contributed by atoms with Crippen molar-refractivity contribution >= 4 is 35.2 Å². The zero-order chi connectivity index (χ0) is 19.2. The average molecular weight is 389 g/mol. The van der Waals surface area contributed by atoms with E-state index in [0.717, 1.165) is 4.90 Å². The van der Waals surface area contributed by atoms with Crippen molar-refractivity contribution in [3.63, 3.8) is 0 Å². The monoisotopic (exact) mass is 389 g/mol. The summed E-state index contributed by atoms with van der Waals surface area (Å²) in [6, 6.07) is 13.0. The van der Waals surface area contributed by atoms with Crippen molar-refractivity contribution in [1.82, 2.24) is 10.9 Å². The second-order valence-corrected chi connectivity index (χ2v) is 6.86. The average Bonchev–Trinajstić information content (AvgIpc) is 2.66. The number of benzene rings is 2. The largest absolute Gasteiger partial charge is 0.481 e. The van der Waals surface area contributed by atoms with E-state index >= 15 is 0 Å². The number of rotatable bonds is 5. The van der Waals surface area contributed by atoms with Crippen molar-refractivity contribution in [2.24, 2.45) is 0 Å². The summed E-state index contributed by atoms with van der Waals surface area (Å²) >= 11 is 1.28. The van der Waals surface area contributed by atoms with Crippen LogP contribution in [0, 0.1) is 5.82 Å². The van der Waals surface area contributed by atoms with Gasteiger partial charge in [0.1, 0.15) is 0 Å². The molecule has 2 aromatic carbocycles. The first-order chi connectivity index (χ1) is 13.0. The topological polar surface area (TPSA) is 96.5 Å². The molecule has 9 heteroatoms. The maximum Gasteiger partial charge on any atom is 0.276 e. The number of hydrogen-bond acceptors (Lipinski definition) is 5. The lowest BCUT2D eigenvalue weighted by Gasteiger charge is -2.23. The Labute approximate surface area is 158 Å². The second-order valence-electron chi connectivity index (χ2n) is 5.61. The summed E-state index contributed by atoms with van der Waals surface area (Å²) < 4.78 is 18.4. The van der Waals surface area contributed by atoms with Crippen LogP contribution in [0.25, 0.3) is 0 Å². The highest BCUT2D eigenvalue weighted by atomic mass is 32.2. The Hall–Kier alpha value is -3.07. The lowest BCUT2D eigenvalue weighted by molar-refractivity contribution is -0.130. The summed E-state index contributed by atoms with van der Waals surface area (Å²) in [5.41, 5.74) is 5.10. The Kier molecular flexibility index (Phi) is 5.92. The number of anilines is 1. The molecule has 2 aromatic rings. The number of hydrogen-bond donors (Lipinski definition) is 3. The van der Waals surface area contributed by atoms with E-state index in [4.69, 9.17) is 4.74 Å². The van der Waals surface area contributed by atoms with Crippen molar-refractivity contribution < 1.29 is 23.5 Å². The van der Waals surface area contributed by atoms with E-state index in [1.807, 2.05) is 18.2 Å². The van der Waals surface area contributed by atoms with E-state index in [9.17, 15) is 18.8 Å². The molecule has 0 aromatic heterocycles. The summed E-state index contributed by atoms with van der Waals surface area (Å²) in [6.45, 7) is -0.465. The lowest BCUT2D eigenvalue weighted by atomic mass is 10.2. The van der Waals surface area contributed by atoms with Gasteiger partial charge in [0, 0.05) is 11.3 Å². The lowest BCUT2D eigenvalue weighted by Crippen LogP contribution is -2.45. The Balaban J connectivity index is 1.44. The third kappa shape index (κ3) is 4.98.